The Morgan fingerprint density at radius 3 is 2.52 bits per heavy atom. The summed E-state index contributed by atoms with van der Waals surface area (Å²) in [4.78, 5) is 4.52. The molecule has 0 aromatic carbocycles. The molecule has 1 aromatic heterocycles. The Balaban J connectivity index is 2.76. The zero-order valence-electron chi connectivity index (χ0n) is 13.6. The fraction of sp³-hybridized carbons (Fsp3) is 0.688. The Kier molecular flexibility index (Phi) is 7.32. The van der Waals surface area contributed by atoms with Crippen LogP contribution >= 0.6 is 0 Å². The third-order valence-corrected chi connectivity index (χ3v) is 5.46. The minimum absolute atomic E-state index is 0.185. The summed E-state index contributed by atoms with van der Waals surface area (Å²) in [6, 6.07) is 4.32. The first-order chi connectivity index (χ1) is 9.89. The van der Waals surface area contributed by atoms with E-state index in [0.717, 1.165) is 30.8 Å². The van der Waals surface area contributed by atoms with Gasteiger partial charge in [0.1, 0.15) is 9.84 Å². The fourth-order valence-corrected chi connectivity index (χ4v) is 3.30. The Morgan fingerprint density at radius 1 is 1.24 bits per heavy atom. The van der Waals surface area contributed by atoms with Gasteiger partial charge in [-0.1, -0.05) is 19.9 Å². The summed E-state index contributed by atoms with van der Waals surface area (Å²) in [6.07, 6.45) is 2.57. The second-order valence-electron chi connectivity index (χ2n) is 5.51. The molecule has 1 atom stereocenters. The Bertz CT molecular complexity index is 541. The normalized spacial score (nSPS) is 13.3. The van der Waals surface area contributed by atoms with E-state index in [2.05, 4.69) is 23.3 Å². The highest BCUT2D eigenvalue weighted by Gasteiger charge is 2.15. The number of hydrogen-bond donors (Lipinski definition) is 1. The van der Waals surface area contributed by atoms with Crippen molar-refractivity contribution in [2.75, 3.05) is 18.1 Å². The molecule has 5 heteroatoms. The standard InChI is InChI=1S/C16H28N2O2S/c1-5-11-17-16(8-7-12-21(19,20)6-2)15-10-9-13(3)18-14(15)4/h9-10,16-17H,5-8,11-12H2,1-4H3. The van der Waals surface area contributed by atoms with Crippen LogP contribution in [0.25, 0.3) is 0 Å². The SMILES string of the molecule is CCCNC(CCCS(=O)(=O)CC)c1ccc(C)nc1C. The molecular formula is C16H28N2O2S. The van der Waals surface area contributed by atoms with E-state index >= 15 is 0 Å². The smallest absolute Gasteiger partial charge is 0.150 e. The molecule has 1 unspecified atom stereocenters. The highest BCUT2D eigenvalue weighted by atomic mass is 32.2. The van der Waals surface area contributed by atoms with Gasteiger partial charge >= 0.3 is 0 Å². The number of nitrogens with zero attached hydrogens (tertiary/aromatic N) is 1. The molecule has 0 aliphatic heterocycles. The molecule has 120 valence electrons. The van der Waals surface area contributed by atoms with Crippen LogP contribution in [0, 0.1) is 13.8 Å². The van der Waals surface area contributed by atoms with Crippen LogP contribution in [0.15, 0.2) is 12.1 Å². The van der Waals surface area contributed by atoms with Crippen LogP contribution in [0.2, 0.25) is 0 Å². The first-order valence-electron chi connectivity index (χ1n) is 7.77. The predicted molar refractivity (Wildman–Crippen MR) is 88.3 cm³/mol. The molecule has 0 saturated heterocycles. The third-order valence-electron chi connectivity index (χ3n) is 3.67. The Hall–Kier alpha value is -0.940. The lowest BCUT2D eigenvalue weighted by molar-refractivity contribution is 0.488. The van der Waals surface area contributed by atoms with Gasteiger partial charge in [0.25, 0.3) is 0 Å². The molecule has 1 aromatic rings. The Morgan fingerprint density at radius 2 is 1.95 bits per heavy atom. The average molecular weight is 312 g/mol. The topological polar surface area (TPSA) is 59.1 Å². The quantitative estimate of drug-likeness (QED) is 0.761. The van der Waals surface area contributed by atoms with Gasteiger partial charge in [0.05, 0.1) is 5.75 Å². The van der Waals surface area contributed by atoms with E-state index in [-0.39, 0.29) is 17.5 Å². The van der Waals surface area contributed by atoms with Crippen molar-refractivity contribution in [1.82, 2.24) is 10.3 Å². The van der Waals surface area contributed by atoms with Crippen molar-refractivity contribution in [2.45, 2.75) is 53.0 Å². The maximum Gasteiger partial charge on any atom is 0.150 e. The zero-order chi connectivity index (χ0) is 15.9. The summed E-state index contributed by atoms with van der Waals surface area (Å²) in [5.41, 5.74) is 3.23. The summed E-state index contributed by atoms with van der Waals surface area (Å²) in [5.74, 6) is 0.497. The summed E-state index contributed by atoms with van der Waals surface area (Å²) < 4.78 is 23.2. The number of rotatable bonds is 9. The predicted octanol–water partition coefficient (Wildman–Crippen LogP) is 2.95. The molecule has 1 heterocycles. The van der Waals surface area contributed by atoms with Gasteiger partial charge in [0, 0.05) is 23.2 Å². The van der Waals surface area contributed by atoms with Crippen LogP contribution in [-0.4, -0.2) is 31.5 Å². The molecule has 0 amide bonds. The van der Waals surface area contributed by atoms with E-state index in [9.17, 15) is 8.42 Å². The maximum absolute atomic E-state index is 11.6. The van der Waals surface area contributed by atoms with Crippen molar-refractivity contribution in [3.63, 3.8) is 0 Å². The second kappa shape index (κ2) is 8.49. The van der Waals surface area contributed by atoms with Crippen LogP contribution in [0.4, 0.5) is 0 Å². The molecule has 0 spiro atoms. The molecule has 4 nitrogen and oxygen atoms in total. The number of aromatic nitrogens is 1. The molecular weight excluding hydrogens is 284 g/mol. The zero-order valence-corrected chi connectivity index (χ0v) is 14.5. The van der Waals surface area contributed by atoms with Crippen LogP contribution in [0.3, 0.4) is 0 Å². The second-order valence-corrected chi connectivity index (χ2v) is 7.99. The number of nitrogens with one attached hydrogen (secondary N) is 1. The van der Waals surface area contributed by atoms with Crippen LogP contribution in [0.1, 0.15) is 56.1 Å². The van der Waals surface area contributed by atoms with Crippen molar-refractivity contribution < 1.29 is 8.42 Å². The van der Waals surface area contributed by atoms with Crippen molar-refractivity contribution >= 4 is 9.84 Å². The van der Waals surface area contributed by atoms with Crippen LogP contribution < -0.4 is 5.32 Å². The van der Waals surface area contributed by atoms with Crippen LogP contribution in [0.5, 0.6) is 0 Å². The minimum atomic E-state index is -2.88. The first kappa shape index (κ1) is 18.1. The van der Waals surface area contributed by atoms with Crippen molar-refractivity contribution in [3.8, 4) is 0 Å². The van der Waals surface area contributed by atoms with Crippen molar-refractivity contribution in [1.29, 1.82) is 0 Å². The number of hydrogen-bond acceptors (Lipinski definition) is 4. The molecule has 21 heavy (non-hydrogen) atoms. The van der Waals surface area contributed by atoms with Gasteiger partial charge < -0.3 is 5.32 Å². The van der Waals surface area contributed by atoms with Crippen LogP contribution in [-0.2, 0) is 9.84 Å². The van der Waals surface area contributed by atoms with E-state index in [0.29, 0.717) is 6.42 Å². The number of sulfone groups is 1. The molecule has 0 aliphatic carbocycles. The highest BCUT2D eigenvalue weighted by molar-refractivity contribution is 7.91. The lowest BCUT2D eigenvalue weighted by atomic mass is 10.0. The van der Waals surface area contributed by atoms with Crippen molar-refractivity contribution in [3.05, 3.63) is 29.1 Å². The summed E-state index contributed by atoms with van der Waals surface area (Å²) in [7, 11) is -2.88. The number of pyridine rings is 1. The monoisotopic (exact) mass is 312 g/mol. The van der Waals surface area contributed by atoms with Gasteiger partial charge in [-0.15, -0.1) is 0 Å². The van der Waals surface area contributed by atoms with Gasteiger partial charge in [0.2, 0.25) is 0 Å². The van der Waals surface area contributed by atoms with E-state index in [4.69, 9.17) is 0 Å². The Labute approximate surface area is 129 Å². The van der Waals surface area contributed by atoms with Crippen molar-refractivity contribution in [2.24, 2.45) is 0 Å². The van der Waals surface area contributed by atoms with Gasteiger partial charge in [0.15, 0.2) is 0 Å². The lowest BCUT2D eigenvalue weighted by Crippen LogP contribution is -2.24. The molecule has 1 rings (SSSR count). The van der Waals surface area contributed by atoms with Gasteiger partial charge in [-0.2, -0.15) is 0 Å². The molecule has 0 radical (unpaired) electrons. The highest BCUT2D eigenvalue weighted by Crippen LogP contribution is 2.22. The van der Waals surface area contributed by atoms with Gasteiger partial charge in [-0.25, -0.2) is 8.42 Å². The third kappa shape index (κ3) is 6.14. The summed E-state index contributed by atoms with van der Waals surface area (Å²) in [6.45, 7) is 8.77. The largest absolute Gasteiger partial charge is 0.310 e. The van der Waals surface area contributed by atoms with E-state index in [1.807, 2.05) is 19.9 Å². The van der Waals surface area contributed by atoms with E-state index in [1.165, 1.54) is 5.56 Å². The van der Waals surface area contributed by atoms with E-state index < -0.39 is 9.84 Å². The molecule has 0 bridgehead atoms. The number of aryl methyl sites for hydroxylation is 2. The minimum Gasteiger partial charge on any atom is -0.310 e. The first-order valence-corrected chi connectivity index (χ1v) is 9.59. The fourth-order valence-electron chi connectivity index (χ4n) is 2.40. The molecule has 1 N–H and O–H groups in total. The summed E-state index contributed by atoms with van der Waals surface area (Å²) >= 11 is 0. The lowest BCUT2D eigenvalue weighted by Gasteiger charge is -2.20. The molecule has 0 aliphatic rings. The average Bonchev–Trinajstić information content (AvgIpc) is 2.43. The maximum atomic E-state index is 11.6. The molecule has 0 fully saturated rings. The van der Waals surface area contributed by atoms with E-state index in [1.54, 1.807) is 6.92 Å². The van der Waals surface area contributed by atoms with Gasteiger partial charge in [-0.3, -0.25) is 4.98 Å². The molecule has 0 saturated carbocycles. The summed E-state index contributed by atoms with van der Waals surface area (Å²) in [5, 5.41) is 3.52. The van der Waals surface area contributed by atoms with Gasteiger partial charge in [-0.05, 0) is 51.3 Å².